The topological polar surface area (TPSA) is 75.9 Å². The molecule has 1 aromatic heterocycles. The maximum Gasteiger partial charge on any atom is 0.148 e. The Kier molecular flexibility index (Phi) is 5.32. The van der Waals surface area contributed by atoms with Crippen LogP contribution >= 0.6 is 11.8 Å². The van der Waals surface area contributed by atoms with Crippen molar-refractivity contribution in [3.63, 3.8) is 0 Å². The third-order valence-electron chi connectivity index (χ3n) is 3.72. The van der Waals surface area contributed by atoms with Crippen molar-refractivity contribution in [2.75, 3.05) is 23.0 Å². The van der Waals surface area contributed by atoms with Crippen LogP contribution in [0.15, 0.2) is 0 Å². The average molecular weight is 309 g/mol. The van der Waals surface area contributed by atoms with Gasteiger partial charge in [0.15, 0.2) is 0 Å². The first kappa shape index (κ1) is 16.4. The fraction of sp³-hybridized carbons (Fsp3) is 0.733. The maximum atomic E-state index is 5.60. The summed E-state index contributed by atoms with van der Waals surface area (Å²) in [4.78, 5) is 9.23. The van der Waals surface area contributed by atoms with Gasteiger partial charge in [-0.05, 0) is 25.5 Å². The summed E-state index contributed by atoms with van der Waals surface area (Å²) in [6.45, 7) is 9.28. The number of nitrogens with zero attached hydrogens (tertiary/aromatic N) is 2. The Hall–Kier alpha value is -1.01. The van der Waals surface area contributed by atoms with Crippen molar-refractivity contribution >= 4 is 23.4 Å². The Morgan fingerprint density at radius 3 is 2.52 bits per heavy atom. The quantitative estimate of drug-likeness (QED) is 0.586. The molecule has 0 saturated carbocycles. The van der Waals surface area contributed by atoms with Crippen LogP contribution in [0, 0.1) is 6.92 Å². The molecule has 6 heteroatoms. The molecule has 1 atom stereocenters. The summed E-state index contributed by atoms with van der Waals surface area (Å²) >= 11 is 2.06. The molecule has 1 aliphatic rings. The summed E-state index contributed by atoms with van der Waals surface area (Å²) in [6, 6.07) is 0. The number of hydrogen-bond acceptors (Lipinski definition) is 6. The van der Waals surface area contributed by atoms with Crippen LogP contribution in [0.4, 0.5) is 11.6 Å². The summed E-state index contributed by atoms with van der Waals surface area (Å²) in [7, 11) is 0. The molecular formula is C15H27N5S. The van der Waals surface area contributed by atoms with Crippen LogP contribution in [-0.4, -0.2) is 27.5 Å². The number of hydrazine groups is 1. The van der Waals surface area contributed by atoms with Crippen LogP contribution in [0.2, 0.25) is 0 Å². The SMILES string of the molecule is Cc1c(NN)nc(C(C)(C)C)nc1NCC1CCCCS1. The van der Waals surface area contributed by atoms with Crippen molar-refractivity contribution in [3.8, 4) is 0 Å². The van der Waals surface area contributed by atoms with E-state index in [9.17, 15) is 0 Å². The van der Waals surface area contributed by atoms with E-state index in [4.69, 9.17) is 10.8 Å². The molecule has 118 valence electrons. The molecule has 2 heterocycles. The van der Waals surface area contributed by atoms with Crippen LogP contribution in [0.5, 0.6) is 0 Å². The average Bonchev–Trinajstić information content (AvgIpc) is 2.46. The highest BCUT2D eigenvalue weighted by Crippen LogP contribution is 2.28. The number of nitrogens with two attached hydrogens (primary N) is 1. The minimum atomic E-state index is -0.102. The zero-order chi connectivity index (χ0) is 15.5. The number of rotatable bonds is 4. The number of hydrogen-bond donors (Lipinski definition) is 3. The largest absolute Gasteiger partial charge is 0.369 e. The van der Waals surface area contributed by atoms with Crippen LogP contribution < -0.4 is 16.6 Å². The number of aromatic nitrogens is 2. The third-order valence-corrected chi connectivity index (χ3v) is 5.12. The number of anilines is 2. The molecule has 4 N–H and O–H groups in total. The first-order chi connectivity index (χ1) is 9.91. The Morgan fingerprint density at radius 2 is 1.95 bits per heavy atom. The van der Waals surface area contributed by atoms with Gasteiger partial charge in [0.2, 0.25) is 0 Å². The highest BCUT2D eigenvalue weighted by atomic mass is 32.2. The van der Waals surface area contributed by atoms with E-state index < -0.39 is 0 Å². The van der Waals surface area contributed by atoms with Crippen LogP contribution in [-0.2, 0) is 5.41 Å². The van der Waals surface area contributed by atoms with E-state index in [0.717, 1.165) is 23.8 Å². The summed E-state index contributed by atoms with van der Waals surface area (Å²) in [5, 5.41) is 4.18. The van der Waals surface area contributed by atoms with E-state index in [1.54, 1.807) is 0 Å². The molecule has 5 nitrogen and oxygen atoms in total. The van der Waals surface area contributed by atoms with Crippen molar-refractivity contribution in [3.05, 3.63) is 11.4 Å². The molecule has 0 bridgehead atoms. The molecule has 1 aliphatic heterocycles. The second-order valence-corrected chi connectivity index (χ2v) is 8.04. The third kappa shape index (κ3) is 4.23. The Labute approximate surface area is 131 Å². The number of nitrogen functional groups attached to an aromatic ring is 1. The van der Waals surface area contributed by atoms with Gasteiger partial charge < -0.3 is 10.7 Å². The van der Waals surface area contributed by atoms with Gasteiger partial charge >= 0.3 is 0 Å². The minimum absolute atomic E-state index is 0.102. The van der Waals surface area contributed by atoms with E-state index in [1.807, 2.05) is 6.92 Å². The Bertz CT molecular complexity index is 478. The number of thioether (sulfide) groups is 1. The predicted molar refractivity (Wildman–Crippen MR) is 91.9 cm³/mol. The molecule has 1 fully saturated rings. The van der Waals surface area contributed by atoms with E-state index >= 15 is 0 Å². The predicted octanol–water partition coefficient (Wildman–Crippen LogP) is 3.07. The Balaban J connectivity index is 2.16. The van der Waals surface area contributed by atoms with Gasteiger partial charge in [-0.3, -0.25) is 0 Å². The standard InChI is InChI=1S/C15H27N5S/c1-10-12(17-9-11-7-5-6-8-21-11)18-14(15(2,3)4)19-13(10)20-16/h11H,5-9,16H2,1-4H3,(H2,17,18,19,20). The lowest BCUT2D eigenvalue weighted by Crippen LogP contribution is -2.24. The molecule has 1 aromatic rings. The summed E-state index contributed by atoms with van der Waals surface area (Å²) < 4.78 is 0. The van der Waals surface area contributed by atoms with Gasteiger partial charge in [0.1, 0.15) is 17.5 Å². The van der Waals surface area contributed by atoms with Crippen molar-refractivity contribution in [2.24, 2.45) is 5.84 Å². The summed E-state index contributed by atoms with van der Waals surface area (Å²) in [5.41, 5.74) is 3.57. The lowest BCUT2D eigenvalue weighted by atomic mass is 9.95. The van der Waals surface area contributed by atoms with Gasteiger partial charge in [-0.2, -0.15) is 11.8 Å². The fourth-order valence-electron chi connectivity index (χ4n) is 2.34. The lowest BCUT2D eigenvalue weighted by molar-refractivity contribution is 0.546. The van der Waals surface area contributed by atoms with Gasteiger partial charge in [-0.1, -0.05) is 27.2 Å². The van der Waals surface area contributed by atoms with Gasteiger partial charge in [0, 0.05) is 22.8 Å². The van der Waals surface area contributed by atoms with Crippen LogP contribution in [0.1, 0.15) is 51.4 Å². The molecule has 21 heavy (non-hydrogen) atoms. The van der Waals surface area contributed by atoms with Crippen molar-refractivity contribution in [1.82, 2.24) is 9.97 Å². The van der Waals surface area contributed by atoms with Gasteiger partial charge in [0.05, 0.1) is 0 Å². The molecule has 1 unspecified atom stereocenters. The summed E-state index contributed by atoms with van der Waals surface area (Å²) in [6.07, 6.45) is 3.98. The van der Waals surface area contributed by atoms with Gasteiger partial charge in [-0.25, -0.2) is 15.8 Å². The zero-order valence-corrected chi connectivity index (χ0v) is 14.3. The molecule has 0 radical (unpaired) electrons. The zero-order valence-electron chi connectivity index (χ0n) is 13.5. The van der Waals surface area contributed by atoms with Crippen molar-refractivity contribution < 1.29 is 0 Å². The first-order valence-corrected chi connectivity index (χ1v) is 8.68. The molecule has 0 aliphatic carbocycles. The molecular weight excluding hydrogens is 282 g/mol. The highest BCUT2D eigenvalue weighted by molar-refractivity contribution is 7.99. The van der Waals surface area contributed by atoms with Crippen LogP contribution in [0.3, 0.4) is 0 Å². The fourth-order valence-corrected chi connectivity index (χ4v) is 3.58. The monoisotopic (exact) mass is 309 g/mol. The first-order valence-electron chi connectivity index (χ1n) is 7.63. The second-order valence-electron chi connectivity index (χ2n) is 6.63. The summed E-state index contributed by atoms with van der Waals surface area (Å²) in [5.74, 6) is 9.28. The van der Waals surface area contributed by atoms with E-state index in [-0.39, 0.29) is 5.41 Å². The number of nitrogens with one attached hydrogen (secondary N) is 2. The van der Waals surface area contributed by atoms with E-state index in [0.29, 0.717) is 11.1 Å². The molecule has 0 spiro atoms. The van der Waals surface area contributed by atoms with E-state index in [1.165, 1.54) is 25.0 Å². The Morgan fingerprint density at radius 1 is 1.24 bits per heavy atom. The van der Waals surface area contributed by atoms with Gasteiger partial charge in [-0.15, -0.1) is 0 Å². The van der Waals surface area contributed by atoms with Crippen LogP contribution in [0.25, 0.3) is 0 Å². The molecule has 2 rings (SSSR count). The maximum absolute atomic E-state index is 5.60. The minimum Gasteiger partial charge on any atom is -0.369 e. The van der Waals surface area contributed by atoms with Crippen molar-refractivity contribution in [2.45, 2.75) is 57.6 Å². The van der Waals surface area contributed by atoms with E-state index in [2.05, 4.69) is 48.3 Å². The van der Waals surface area contributed by atoms with Gasteiger partial charge in [0.25, 0.3) is 0 Å². The molecule has 0 amide bonds. The molecule has 1 saturated heterocycles. The lowest BCUT2D eigenvalue weighted by Gasteiger charge is -2.24. The second kappa shape index (κ2) is 6.83. The normalized spacial score (nSPS) is 19.4. The smallest absolute Gasteiger partial charge is 0.148 e. The highest BCUT2D eigenvalue weighted by Gasteiger charge is 2.21. The molecule has 0 aromatic carbocycles. The van der Waals surface area contributed by atoms with Crippen molar-refractivity contribution in [1.29, 1.82) is 0 Å².